The van der Waals surface area contributed by atoms with E-state index in [1.54, 1.807) is 13.8 Å². The molecule has 6 nitrogen and oxygen atoms in total. The van der Waals surface area contributed by atoms with E-state index in [4.69, 9.17) is 16.3 Å². The second-order valence-corrected chi connectivity index (χ2v) is 6.26. The Hall–Kier alpha value is -2.09. The maximum Gasteiger partial charge on any atom is 0.245 e. The van der Waals surface area contributed by atoms with Gasteiger partial charge < -0.3 is 5.73 Å². The van der Waals surface area contributed by atoms with Gasteiger partial charge in [0.05, 0.1) is 29.3 Å². The highest BCUT2D eigenvalue weighted by atomic mass is 32.2. The molecule has 7 heteroatoms. The first-order chi connectivity index (χ1) is 9.36. The Morgan fingerprint density at radius 1 is 1.40 bits per heavy atom. The van der Waals surface area contributed by atoms with Gasteiger partial charge in [0.15, 0.2) is 0 Å². The van der Waals surface area contributed by atoms with Gasteiger partial charge in [-0.2, -0.15) is 14.8 Å². The molecule has 0 amide bonds. The Morgan fingerprint density at radius 3 is 2.50 bits per heavy atom. The average Bonchev–Trinajstić information content (AvgIpc) is 2.43. The number of nitriles is 2. The van der Waals surface area contributed by atoms with Gasteiger partial charge in [0, 0.05) is 13.1 Å². The fourth-order valence-electron chi connectivity index (χ4n) is 1.74. The minimum Gasteiger partial charge on any atom is -0.398 e. The molecule has 2 N–H and O–H groups in total. The van der Waals surface area contributed by atoms with Crippen molar-refractivity contribution in [3.63, 3.8) is 0 Å². The molecule has 0 aliphatic rings. The van der Waals surface area contributed by atoms with E-state index in [2.05, 4.69) is 0 Å². The number of hydrogen-bond donors (Lipinski definition) is 1. The van der Waals surface area contributed by atoms with E-state index in [-0.39, 0.29) is 23.7 Å². The van der Waals surface area contributed by atoms with Gasteiger partial charge in [-0.25, -0.2) is 8.42 Å². The maximum atomic E-state index is 12.5. The van der Waals surface area contributed by atoms with Crippen molar-refractivity contribution in [3.05, 3.63) is 23.8 Å². The highest BCUT2D eigenvalue weighted by molar-refractivity contribution is 7.89. The zero-order valence-electron chi connectivity index (χ0n) is 11.4. The van der Waals surface area contributed by atoms with Crippen molar-refractivity contribution < 1.29 is 8.42 Å². The van der Waals surface area contributed by atoms with Crippen LogP contribution in [0.1, 0.15) is 19.4 Å². The summed E-state index contributed by atoms with van der Waals surface area (Å²) in [6, 6.07) is 7.96. The SMILES string of the molecule is CCN(CC(C)C#N)S(=O)(=O)c1ccc(C#N)cc1N. The van der Waals surface area contributed by atoms with Crippen LogP contribution < -0.4 is 5.73 Å². The van der Waals surface area contributed by atoms with Crippen molar-refractivity contribution in [3.8, 4) is 12.1 Å². The smallest absolute Gasteiger partial charge is 0.245 e. The lowest BCUT2D eigenvalue weighted by molar-refractivity contribution is 0.400. The van der Waals surface area contributed by atoms with Crippen molar-refractivity contribution in [1.82, 2.24) is 4.31 Å². The van der Waals surface area contributed by atoms with Crippen molar-refractivity contribution >= 4 is 15.7 Å². The van der Waals surface area contributed by atoms with E-state index in [1.807, 2.05) is 12.1 Å². The molecule has 1 aromatic rings. The van der Waals surface area contributed by atoms with Crippen LogP contribution in [-0.2, 0) is 10.0 Å². The van der Waals surface area contributed by atoms with E-state index < -0.39 is 15.9 Å². The lowest BCUT2D eigenvalue weighted by atomic mass is 10.2. The molecule has 1 unspecified atom stereocenters. The van der Waals surface area contributed by atoms with Gasteiger partial charge in [-0.15, -0.1) is 0 Å². The van der Waals surface area contributed by atoms with Gasteiger partial charge in [0.25, 0.3) is 0 Å². The molecule has 0 heterocycles. The van der Waals surface area contributed by atoms with Crippen LogP contribution in [0.5, 0.6) is 0 Å². The Bertz CT molecular complexity index is 671. The summed E-state index contributed by atoms with van der Waals surface area (Å²) >= 11 is 0. The fourth-order valence-corrected chi connectivity index (χ4v) is 3.37. The zero-order valence-corrected chi connectivity index (χ0v) is 12.2. The summed E-state index contributed by atoms with van der Waals surface area (Å²) in [7, 11) is -3.76. The largest absolute Gasteiger partial charge is 0.398 e. The molecule has 20 heavy (non-hydrogen) atoms. The third kappa shape index (κ3) is 3.27. The zero-order chi connectivity index (χ0) is 15.3. The minimum atomic E-state index is -3.76. The van der Waals surface area contributed by atoms with Gasteiger partial charge >= 0.3 is 0 Å². The Balaban J connectivity index is 3.22. The molecule has 1 aromatic carbocycles. The second kappa shape index (κ2) is 6.38. The second-order valence-electron chi connectivity index (χ2n) is 4.35. The first-order valence-corrected chi connectivity index (χ1v) is 7.50. The summed E-state index contributed by atoms with van der Waals surface area (Å²) in [5, 5.41) is 17.6. The van der Waals surface area contributed by atoms with Crippen LogP contribution in [0.3, 0.4) is 0 Å². The molecule has 0 aliphatic heterocycles. The van der Waals surface area contributed by atoms with E-state index in [1.165, 1.54) is 22.5 Å². The molecule has 0 spiro atoms. The average molecular weight is 292 g/mol. The number of nitrogens with zero attached hydrogens (tertiary/aromatic N) is 3. The predicted molar refractivity (Wildman–Crippen MR) is 74.8 cm³/mol. The number of anilines is 1. The van der Waals surface area contributed by atoms with Gasteiger partial charge in [-0.05, 0) is 25.1 Å². The molecule has 0 aliphatic carbocycles. The maximum absolute atomic E-state index is 12.5. The van der Waals surface area contributed by atoms with Crippen molar-refractivity contribution in [2.45, 2.75) is 18.7 Å². The molecule has 1 atom stereocenters. The minimum absolute atomic E-state index is 0.0344. The third-order valence-electron chi connectivity index (χ3n) is 2.81. The molecular weight excluding hydrogens is 276 g/mol. The standard InChI is InChI=1S/C13H16N4O2S/c1-3-17(9-10(2)7-14)20(18,19)13-5-4-11(8-15)6-12(13)16/h4-6,10H,3,9,16H2,1-2H3. The first-order valence-electron chi connectivity index (χ1n) is 6.06. The van der Waals surface area contributed by atoms with Gasteiger partial charge in [-0.1, -0.05) is 6.92 Å². The monoisotopic (exact) mass is 292 g/mol. The van der Waals surface area contributed by atoms with Crippen LogP contribution in [0.4, 0.5) is 5.69 Å². The fraction of sp³-hybridized carbons (Fsp3) is 0.385. The number of nitrogens with two attached hydrogens (primary N) is 1. The van der Waals surface area contributed by atoms with Crippen LogP contribution in [0, 0.1) is 28.6 Å². The predicted octanol–water partition coefficient (Wildman–Crippen LogP) is 1.31. The number of nitrogen functional groups attached to an aromatic ring is 1. The van der Waals surface area contributed by atoms with E-state index in [0.717, 1.165) is 0 Å². The normalized spacial score (nSPS) is 12.7. The van der Waals surface area contributed by atoms with Crippen molar-refractivity contribution in [2.75, 3.05) is 18.8 Å². The van der Waals surface area contributed by atoms with Crippen LogP contribution in [0.15, 0.2) is 23.1 Å². The number of rotatable bonds is 5. The molecule has 0 saturated carbocycles. The van der Waals surface area contributed by atoms with E-state index >= 15 is 0 Å². The quantitative estimate of drug-likeness (QED) is 0.822. The number of hydrogen-bond acceptors (Lipinski definition) is 5. The van der Waals surface area contributed by atoms with E-state index in [0.29, 0.717) is 5.56 Å². The molecule has 0 bridgehead atoms. The Labute approximate surface area is 119 Å². The van der Waals surface area contributed by atoms with Gasteiger partial charge in [0.1, 0.15) is 4.90 Å². The van der Waals surface area contributed by atoms with Crippen molar-refractivity contribution in [1.29, 1.82) is 10.5 Å². The lowest BCUT2D eigenvalue weighted by Crippen LogP contribution is -2.34. The Morgan fingerprint density at radius 2 is 2.05 bits per heavy atom. The molecule has 0 radical (unpaired) electrons. The molecule has 0 fully saturated rings. The molecule has 0 aromatic heterocycles. The lowest BCUT2D eigenvalue weighted by Gasteiger charge is -2.22. The highest BCUT2D eigenvalue weighted by Crippen LogP contribution is 2.24. The molecular formula is C13H16N4O2S. The third-order valence-corrected chi connectivity index (χ3v) is 4.82. The molecule has 0 saturated heterocycles. The Kier molecular flexibility index (Phi) is 5.09. The van der Waals surface area contributed by atoms with Crippen LogP contribution in [0.25, 0.3) is 0 Å². The summed E-state index contributed by atoms with van der Waals surface area (Å²) in [5.74, 6) is -0.413. The summed E-state index contributed by atoms with van der Waals surface area (Å²) in [6.07, 6.45) is 0. The number of sulfonamides is 1. The van der Waals surface area contributed by atoms with Crippen molar-refractivity contribution in [2.24, 2.45) is 5.92 Å². The highest BCUT2D eigenvalue weighted by Gasteiger charge is 2.26. The molecule has 106 valence electrons. The summed E-state index contributed by atoms with van der Waals surface area (Å²) in [6.45, 7) is 3.70. The summed E-state index contributed by atoms with van der Waals surface area (Å²) in [5.41, 5.74) is 6.05. The van der Waals surface area contributed by atoms with Gasteiger partial charge in [0.2, 0.25) is 10.0 Å². The van der Waals surface area contributed by atoms with Crippen LogP contribution >= 0.6 is 0 Å². The van der Waals surface area contributed by atoms with Gasteiger partial charge in [-0.3, -0.25) is 0 Å². The topological polar surface area (TPSA) is 111 Å². The van der Waals surface area contributed by atoms with E-state index in [9.17, 15) is 8.42 Å². The summed E-state index contributed by atoms with van der Waals surface area (Å²) < 4.78 is 26.2. The van der Waals surface area contributed by atoms with Crippen LogP contribution in [-0.4, -0.2) is 25.8 Å². The summed E-state index contributed by atoms with van der Waals surface area (Å²) in [4.78, 5) is -0.0384. The van der Waals surface area contributed by atoms with Crippen LogP contribution in [0.2, 0.25) is 0 Å². The first kappa shape index (κ1) is 16.0. The number of benzene rings is 1. The molecule has 1 rings (SSSR count).